The second-order valence-corrected chi connectivity index (χ2v) is 10.3. The van der Waals surface area contributed by atoms with Crippen LogP contribution in [0.3, 0.4) is 0 Å². The Balaban J connectivity index is 1.17. The van der Waals surface area contributed by atoms with E-state index >= 15 is 0 Å². The van der Waals surface area contributed by atoms with Gasteiger partial charge in [-0.1, -0.05) is 62.4 Å². The van der Waals surface area contributed by atoms with E-state index in [1.807, 2.05) is 38.1 Å². The molecule has 184 valence electrons. The third-order valence-electron chi connectivity index (χ3n) is 7.98. The molecule has 1 saturated carbocycles. The average molecular weight is 477 g/mol. The Bertz CT molecular complexity index is 1100. The smallest absolute Gasteiger partial charge is 0.407 e. The van der Waals surface area contributed by atoms with Crippen LogP contribution in [0.2, 0.25) is 0 Å². The third kappa shape index (κ3) is 4.51. The molecular formula is C28H32N2O5. The zero-order valence-electron chi connectivity index (χ0n) is 20.1. The van der Waals surface area contributed by atoms with Crippen LogP contribution in [-0.4, -0.2) is 53.7 Å². The van der Waals surface area contributed by atoms with Gasteiger partial charge >= 0.3 is 12.1 Å². The fourth-order valence-electron chi connectivity index (χ4n) is 5.89. The summed E-state index contributed by atoms with van der Waals surface area (Å²) in [4.78, 5) is 38.8. The Kier molecular flexibility index (Phi) is 6.26. The zero-order valence-corrected chi connectivity index (χ0v) is 20.1. The van der Waals surface area contributed by atoms with Gasteiger partial charge in [-0.25, -0.2) is 4.79 Å². The van der Waals surface area contributed by atoms with E-state index in [0.717, 1.165) is 17.5 Å². The standard InChI is InChI=1S/C28H32N2O5/c1-16(2)24(13-25(31)30-12-11-21-22(14-30)26(21)27(32)33)29-28(34)35-15-23-19-9-5-3-7-17(19)18-8-4-6-10-20(18)23/h3-10,16,21-24,26H,11-15H2,1-2H3,(H,29,34)(H,32,33)/t21-,22+,24+,26?/m0/s1. The number of piperidine rings is 1. The molecule has 4 atom stereocenters. The molecule has 3 aliphatic rings. The molecule has 2 aliphatic carbocycles. The van der Waals surface area contributed by atoms with Gasteiger partial charge in [-0.3, -0.25) is 9.59 Å². The number of benzene rings is 2. The predicted octanol–water partition coefficient (Wildman–Crippen LogP) is 4.12. The van der Waals surface area contributed by atoms with Gasteiger partial charge in [0.25, 0.3) is 0 Å². The summed E-state index contributed by atoms with van der Waals surface area (Å²) in [6.45, 7) is 5.24. The molecule has 1 unspecified atom stereocenters. The molecule has 35 heavy (non-hydrogen) atoms. The number of amides is 2. The van der Waals surface area contributed by atoms with Crippen LogP contribution in [0.4, 0.5) is 4.79 Å². The first-order chi connectivity index (χ1) is 16.8. The molecule has 2 N–H and O–H groups in total. The van der Waals surface area contributed by atoms with Crippen molar-refractivity contribution in [1.82, 2.24) is 10.2 Å². The van der Waals surface area contributed by atoms with Gasteiger partial charge in [0.2, 0.25) is 5.91 Å². The number of carbonyl (C=O) groups is 3. The summed E-state index contributed by atoms with van der Waals surface area (Å²) in [6, 6.07) is 16.0. The number of nitrogens with one attached hydrogen (secondary N) is 1. The molecule has 7 heteroatoms. The molecule has 0 spiro atoms. The number of nitrogens with zero attached hydrogens (tertiary/aromatic N) is 1. The van der Waals surface area contributed by atoms with Crippen molar-refractivity contribution < 1.29 is 24.2 Å². The van der Waals surface area contributed by atoms with Gasteiger partial charge in [0.1, 0.15) is 6.61 Å². The highest BCUT2D eigenvalue weighted by Crippen LogP contribution is 2.51. The topological polar surface area (TPSA) is 95.9 Å². The van der Waals surface area contributed by atoms with Gasteiger partial charge in [0.15, 0.2) is 0 Å². The summed E-state index contributed by atoms with van der Waals surface area (Å²) in [5.74, 6) is -0.816. The van der Waals surface area contributed by atoms with Crippen LogP contribution in [0, 0.1) is 23.7 Å². The third-order valence-corrected chi connectivity index (χ3v) is 7.98. The summed E-state index contributed by atoms with van der Waals surface area (Å²) in [6.07, 6.45) is 0.390. The number of carbonyl (C=O) groups excluding carboxylic acids is 2. The molecule has 1 aliphatic heterocycles. The SMILES string of the molecule is CC(C)[C@@H](CC(=O)N1CC[C@@H]2C(C(=O)O)[C@@H]2C1)NC(=O)OCC1c2ccccc2-c2ccccc21. The highest BCUT2D eigenvalue weighted by molar-refractivity contribution is 5.80. The predicted molar refractivity (Wildman–Crippen MR) is 131 cm³/mol. The molecule has 2 aromatic rings. The lowest BCUT2D eigenvalue weighted by Crippen LogP contribution is -2.45. The van der Waals surface area contributed by atoms with Crippen molar-refractivity contribution in [3.05, 3.63) is 59.7 Å². The van der Waals surface area contributed by atoms with Crippen molar-refractivity contribution in [3.63, 3.8) is 0 Å². The number of ether oxygens (including phenoxy) is 1. The number of alkyl carbamates (subject to hydrolysis) is 1. The number of hydrogen-bond acceptors (Lipinski definition) is 4. The van der Waals surface area contributed by atoms with Gasteiger partial charge in [-0.05, 0) is 46.4 Å². The van der Waals surface area contributed by atoms with Crippen LogP contribution in [0.1, 0.15) is 43.7 Å². The molecule has 1 saturated heterocycles. The summed E-state index contributed by atoms with van der Waals surface area (Å²) < 4.78 is 5.67. The lowest BCUT2D eigenvalue weighted by molar-refractivity contribution is -0.139. The molecule has 5 rings (SSSR count). The zero-order chi connectivity index (χ0) is 24.7. The minimum absolute atomic E-state index is 0.0192. The van der Waals surface area contributed by atoms with Crippen LogP contribution < -0.4 is 5.32 Å². The van der Waals surface area contributed by atoms with Gasteiger partial charge in [0.05, 0.1) is 5.92 Å². The lowest BCUT2D eigenvalue weighted by Gasteiger charge is -2.29. The van der Waals surface area contributed by atoms with Crippen molar-refractivity contribution in [2.75, 3.05) is 19.7 Å². The fourth-order valence-corrected chi connectivity index (χ4v) is 5.89. The molecule has 7 nitrogen and oxygen atoms in total. The number of fused-ring (bicyclic) bond motifs is 4. The Labute approximate surface area is 205 Å². The first kappa shape index (κ1) is 23.4. The molecule has 0 radical (unpaired) electrons. The first-order valence-electron chi connectivity index (χ1n) is 12.5. The second-order valence-electron chi connectivity index (χ2n) is 10.3. The number of likely N-dealkylation sites (tertiary alicyclic amines) is 1. The fraction of sp³-hybridized carbons (Fsp3) is 0.464. The highest BCUT2D eigenvalue weighted by Gasteiger charge is 2.57. The summed E-state index contributed by atoms with van der Waals surface area (Å²) in [5, 5.41) is 12.2. The molecule has 2 fully saturated rings. The Hall–Kier alpha value is -3.35. The molecule has 0 bridgehead atoms. The average Bonchev–Trinajstić information content (AvgIpc) is 3.49. The van der Waals surface area contributed by atoms with Gasteiger partial charge in [-0.15, -0.1) is 0 Å². The van der Waals surface area contributed by atoms with E-state index in [1.165, 1.54) is 11.1 Å². The Morgan fingerprint density at radius 3 is 2.26 bits per heavy atom. The van der Waals surface area contributed by atoms with Crippen LogP contribution in [0.25, 0.3) is 11.1 Å². The summed E-state index contributed by atoms with van der Waals surface area (Å²) in [5.41, 5.74) is 4.65. The van der Waals surface area contributed by atoms with Crippen molar-refractivity contribution in [1.29, 1.82) is 0 Å². The van der Waals surface area contributed by atoms with Gasteiger partial charge in [-0.2, -0.15) is 0 Å². The van der Waals surface area contributed by atoms with Crippen LogP contribution in [0.15, 0.2) is 48.5 Å². The van der Waals surface area contributed by atoms with E-state index in [4.69, 9.17) is 4.74 Å². The monoisotopic (exact) mass is 476 g/mol. The van der Waals surface area contributed by atoms with Crippen molar-refractivity contribution in [3.8, 4) is 11.1 Å². The normalized spacial score (nSPS) is 23.2. The maximum atomic E-state index is 13.0. The van der Waals surface area contributed by atoms with E-state index in [0.29, 0.717) is 13.1 Å². The first-order valence-corrected chi connectivity index (χ1v) is 12.5. The molecule has 1 heterocycles. The number of carboxylic acids is 1. The Morgan fingerprint density at radius 2 is 1.66 bits per heavy atom. The van der Waals surface area contributed by atoms with Crippen LogP contribution in [0.5, 0.6) is 0 Å². The second kappa shape index (κ2) is 9.36. The van der Waals surface area contributed by atoms with E-state index in [-0.39, 0.29) is 54.6 Å². The van der Waals surface area contributed by atoms with Crippen LogP contribution >= 0.6 is 0 Å². The molecule has 2 amide bonds. The maximum Gasteiger partial charge on any atom is 0.407 e. The summed E-state index contributed by atoms with van der Waals surface area (Å²) >= 11 is 0. The number of rotatable bonds is 7. The minimum Gasteiger partial charge on any atom is -0.481 e. The molecule has 0 aromatic heterocycles. The van der Waals surface area contributed by atoms with Gasteiger partial charge < -0.3 is 20.1 Å². The highest BCUT2D eigenvalue weighted by atomic mass is 16.5. The van der Waals surface area contributed by atoms with Gasteiger partial charge in [0, 0.05) is 31.5 Å². The largest absolute Gasteiger partial charge is 0.481 e. The summed E-state index contributed by atoms with van der Waals surface area (Å²) in [7, 11) is 0. The van der Waals surface area contributed by atoms with E-state index in [9.17, 15) is 19.5 Å². The number of carboxylic acid groups (broad SMARTS) is 1. The van der Waals surface area contributed by atoms with Crippen molar-refractivity contribution in [2.45, 2.75) is 38.6 Å². The Morgan fingerprint density at radius 1 is 1.03 bits per heavy atom. The van der Waals surface area contributed by atoms with Crippen LogP contribution in [-0.2, 0) is 14.3 Å². The lowest BCUT2D eigenvalue weighted by atomic mass is 9.98. The van der Waals surface area contributed by atoms with E-state index < -0.39 is 12.1 Å². The number of hydrogen-bond donors (Lipinski definition) is 2. The van der Waals surface area contributed by atoms with Crippen molar-refractivity contribution in [2.24, 2.45) is 23.7 Å². The van der Waals surface area contributed by atoms with E-state index in [1.54, 1.807) is 4.90 Å². The quantitative estimate of drug-likeness (QED) is 0.627. The number of aliphatic carboxylic acids is 1. The van der Waals surface area contributed by atoms with Crippen molar-refractivity contribution >= 4 is 18.0 Å². The minimum atomic E-state index is -0.758. The van der Waals surface area contributed by atoms with E-state index in [2.05, 4.69) is 29.6 Å². The molecular weight excluding hydrogens is 444 g/mol. The molecule has 2 aromatic carbocycles. The maximum absolute atomic E-state index is 13.0.